The zero-order valence-electron chi connectivity index (χ0n) is 12.2. The Kier molecular flexibility index (Phi) is 3.93. The molecule has 1 aromatic carbocycles. The van der Waals surface area contributed by atoms with E-state index in [9.17, 15) is 10.0 Å². The van der Waals surface area contributed by atoms with Crippen LogP contribution in [0.5, 0.6) is 5.75 Å². The predicted molar refractivity (Wildman–Crippen MR) is 81.1 cm³/mol. The molecule has 0 aliphatic carbocycles. The lowest BCUT2D eigenvalue weighted by Crippen LogP contribution is -2.35. The third-order valence-electron chi connectivity index (χ3n) is 3.64. The number of hydrogen-bond donors (Lipinski definition) is 2. The fourth-order valence-corrected chi connectivity index (χ4v) is 2.36. The Labute approximate surface area is 128 Å². The van der Waals surface area contributed by atoms with Crippen LogP contribution in [0.15, 0.2) is 36.4 Å². The molecule has 2 aromatic rings. The van der Waals surface area contributed by atoms with Gasteiger partial charge in [-0.25, -0.2) is 10.0 Å². The summed E-state index contributed by atoms with van der Waals surface area (Å²) in [6.45, 7) is 0.902. The molecule has 1 aromatic heterocycles. The van der Waals surface area contributed by atoms with Crippen LogP contribution in [0.25, 0.3) is 0 Å². The van der Waals surface area contributed by atoms with Crippen molar-refractivity contribution in [1.29, 1.82) is 0 Å². The largest absolute Gasteiger partial charge is 0.497 e. The second-order valence-electron chi connectivity index (χ2n) is 5.08. The number of carbonyl (C=O) groups is 1. The summed E-state index contributed by atoms with van der Waals surface area (Å²) in [5.41, 5.74) is 2.26. The number of rotatable bonds is 4. The fraction of sp³-hybridized carbons (Fsp3) is 0.250. The molecule has 6 nitrogen and oxygen atoms in total. The maximum Gasteiger partial charge on any atom is 0.296 e. The van der Waals surface area contributed by atoms with E-state index in [2.05, 4.69) is 10.3 Å². The van der Waals surface area contributed by atoms with E-state index in [1.165, 1.54) is 0 Å². The van der Waals surface area contributed by atoms with Crippen LogP contribution < -0.4 is 10.1 Å². The zero-order chi connectivity index (χ0) is 15.5. The maximum atomic E-state index is 11.9. The number of carbonyl (C=O) groups excluding carboxylic acids is 1. The molecule has 6 heteroatoms. The highest BCUT2D eigenvalue weighted by Crippen LogP contribution is 2.19. The van der Waals surface area contributed by atoms with Crippen molar-refractivity contribution in [2.45, 2.75) is 13.0 Å². The average Bonchev–Trinajstić information content (AvgIpc) is 2.57. The van der Waals surface area contributed by atoms with Gasteiger partial charge >= 0.3 is 0 Å². The van der Waals surface area contributed by atoms with Gasteiger partial charge in [0.25, 0.3) is 5.91 Å². The van der Waals surface area contributed by atoms with Gasteiger partial charge in [-0.3, -0.25) is 10.0 Å². The minimum atomic E-state index is -0.450. The molecule has 0 bridgehead atoms. The topological polar surface area (TPSA) is 74.7 Å². The van der Waals surface area contributed by atoms with E-state index in [1.807, 2.05) is 36.4 Å². The Morgan fingerprint density at radius 2 is 2.05 bits per heavy atom. The quantitative estimate of drug-likeness (QED) is 0.846. The summed E-state index contributed by atoms with van der Waals surface area (Å²) < 4.78 is 5.12. The van der Waals surface area contributed by atoms with Gasteiger partial charge in [0.1, 0.15) is 17.3 Å². The van der Waals surface area contributed by atoms with E-state index < -0.39 is 5.91 Å². The third kappa shape index (κ3) is 2.87. The van der Waals surface area contributed by atoms with E-state index in [0.29, 0.717) is 36.1 Å². The highest BCUT2D eigenvalue weighted by molar-refractivity contribution is 5.94. The number of nitrogens with zero attached hydrogens (tertiary/aromatic N) is 2. The monoisotopic (exact) mass is 299 g/mol. The fourth-order valence-electron chi connectivity index (χ4n) is 2.36. The number of amides is 1. The van der Waals surface area contributed by atoms with Crippen molar-refractivity contribution in [3.8, 4) is 5.75 Å². The van der Waals surface area contributed by atoms with Crippen molar-refractivity contribution in [2.24, 2.45) is 0 Å². The Hall–Kier alpha value is -2.60. The summed E-state index contributed by atoms with van der Waals surface area (Å²) in [5, 5.41) is 13.4. The van der Waals surface area contributed by atoms with Gasteiger partial charge in [0, 0.05) is 6.54 Å². The highest BCUT2D eigenvalue weighted by Gasteiger charge is 2.24. The molecule has 114 valence electrons. The molecule has 2 heterocycles. The molecule has 0 radical (unpaired) electrons. The van der Waals surface area contributed by atoms with Crippen molar-refractivity contribution >= 4 is 11.7 Å². The van der Waals surface area contributed by atoms with E-state index in [4.69, 9.17) is 4.74 Å². The molecule has 2 N–H and O–H groups in total. The number of hydroxylamine groups is 2. The van der Waals surface area contributed by atoms with Crippen LogP contribution in [0, 0.1) is 0 Å². The van der Waals surface area contributed by atoms with E-state index in [-0.39, 0.29) is 0 Å². The SMILES string of the molecule is COc1ccc(CNc2ccc3c(n2)C(=O)N(O)CC3)cc1. The Morgan fingerprint density at radius 1 is 1.27 bits per heavy atom. The molecular weight excluding hydrogens is 282 g/mol. The zero-order valence-corrected chi connectivity index (χ0v) is 12.2. The average molecular weight is 299 g/mol. The summed E-state index contributed by atoms with van der Waals surface area (Å²) in [6.07, 6.45) is 0.614. The van der Waals surface area contributed by atoms with Crippen molar-refractivity contribution in [1.82, 2.24) is 10.0 Å². The summed E-state index contributed by atoms with van der Waals surface area (Å²) in [7, 11) is 1.63. The lowest BCUT2D eigenvalue weighted by Gasteiger charge is -2.22. The first-order valence-electron chi connectivity index (χ1n) is 7.05. The molecule has 1 aliphatic rings. The first-order valence-corrected chi connectivity index (χ1v) is 7.05. The summed E-state index contributed by atoms with van der Waals surface area (Å²) in [5.74, 6) is 0.969. The van der Waals surface area contributed by atoms with Gasteiger partial charge in [-0.1, -0.05) is 18.2 Å². The van der Waals surface area contributed by atoms with Crippen molar-refractivity contribution < 1.29 is 14.7 Å². The molecule has 3 rings (SSSR count). The normalized spacial score (nSPS) is 13.7. The minimum Gasteiger partial charge on any atom is -0.497 e. The second-order valence-corrected chi connectivity index (χ2v) is 5.08. The lowest BCUT2D eigenvalue weighted by molar-refractivity contribution is -0.0607. The van der Waals surface area contributed by atoms with E-state index in [1.54, 1.807) is 7.11 Å². The highest BCUT2D eigenvalue weighted by atomic mass is 16.5. The smallest absolute Gasteiger partial charge is 0.296 e. The van der Waals surface area contributed by atoms with Gasteiger partial charge in [0.15, 0.2) is 0 Å². The van der Waals surface area contributed by atoms with Crippen LogP contribution >= 0.6 is 0 Å². The minimum absolute atomic E-state index is 0.312. The van der Waals surface area contributed by atoms with Gasteiger partial charge in [0.05, 0.1) is 13.7 Å². The van der Waals surface area contributed by atoms with Gasteiger partial charge in [-0.15, -0.1) is 0 Å². The first-order chi connectivity index (χ1) is 10.7. The number of hydrogen-bond acceptors (Lipinski definition) is 5. The standard InChI is InChI=1S/C16H17N3O3/c1-22-13-5-2-11(3-6-13)10-17-14-7-4-12-8-9-19(21)16(20)15(12)18-14/h2-7,21H,8-10H2,1H3,(H,17,18). The van der Waals surface area contributed by atoms with Crippen molar-refractivity contribution in [3.05, 3.63) is 53.2 Å². The summed E-state index contributed by atoms with van der Waals surface area (Å²) in [6, 6.07) is 11.4. The van der Waals surface area contributed by atoms with Gasteiger partial charge in [0.2, 0.25) is 0 Å². The number of pyridine rings is 1. The Bertz CT molecular complexity index is 686. The van der Waals surface area contributed by atoms with Crippen LogP contribution in [0.3, 0.4) is 0 Å². The van der Waals surface area contributed by atoms with Crippen molar-refractivity contribution in [3.63, 3.8) is 0 Å². The molecular formula is C16H17N3O3. The van der Waals surface area contributed by atoms with Crippen LogP contribution in [-0.4, -0.2) is 34.8 Å². The molecule has 1 aliphatic heterocycles. The van der Waals surface area contributed by atoms with Crippen molar-refractivity contribution in [2.75, 3.05) is 19.0 Å². The number of methoxy groups -OCH3 is 1. The lowest BCUT2D eigenvalue weighted by atomic mass is 10.1. The number of aromatic nitrogens is 1. The molecule has 22 heavy (non-hydrogen) atoms. The molecule has 1 amide bonds. The van der Waals surface area contributed by atoms with E-state index >= 15 is 0 Å². The number of ether oxygens (including phenoxy) is 1. The Morgan fingerprint density at radius 3 is 2.77 bits per heavy atom. The number of anilines is 1. The van der Waals surface area contributed by atoms with Crippen LogP contribution in [0.4, 0.5) is 5.82 Å². The van der Waals surface area contributed by atoms with Crippen LogP contribution in [0.1, 0.15) is 21.6 Å². The molecule has 0 spiro atoms. The maximum absolute atomic E-state index is 11.9. The Balaban J connectivity index is 1.71. The molecule has 0 saturated heterocycles. The predicted octanol–water partition coefficient (Wildman–Crippen LogP) is 2.09. The van der Waals surface area contributed by atoms with Gasteiger partial charge < -0.3 is 10.1 Å². The molecule has 0 saturated carbocycles. The van der Waals surface area contributed by atoms with E-state index in [0.717, 1.165) is 16.9 Å². The number of fused-ring (bicyclic) bond motifs is 1. The first kappa shape index (κ1) is 14.3. The number of benzene rings is 1. The third-order valence-corrected chi connectivity index (χ3v) is 3.64. The molecule has 0 fully saturated rings. The summed E-state index contributed by atoms with van der Waals surface area (Å²) >= 11 is 0. The summed E-state index contributed by atoms with van der Waals surface area (Å²) in [4.78, 5) is 16.2. The molecule has 0 unspecified atom stereocenters. The van der Waals surface area contributed by atoms with Gasteiger partial charge in [-0.2, -0.15) is 0 Å². The second kappa shape index (κ2) is 6.03. The van der Waals surface area contributed by atoms with Crippen LogP contribution in [-0.2, 0) is 13.0 Å². The van der Waals surface area contributed by atoms with Gasteiger partial charge in [-0.05, 0) is 35.7 Å². The molecule has 0 atom stereocenters. The van der Waals surface area contributed by atoms with Crippen LogP contribution in [0.2, 0.25) is 0 Å². The number of nitrogens with one attached hydrogen (secondary N) is 1.